The van der Waals surface area contributed by atoms with Crippen LogP contribution in [-0.2, 0) is 21.4 Å². The topological polar surface area (TPSA) is 93.7 Å². The minimum absolute atomic E-state index is 0.0481. The summed E-state index contributed by atoms with van der Waals surface area (Å²) in [6, 6.07) is 12.6. The molecule has 0 spiro atoms. The summed E-state index contributed by atoms with van der Waals surface area (Å²) in [5.74, 6) is -0.491. The van der Waals surface area contributed by atoms with E-state index in [1.807, 2.05) is 0 Å². The molecule has 0 saturated heterocycles. The second-order valence-electron chi connectivity index (χ2n) is 6.53. The number of sulfonamides is 1. The molecule has 0 heterocycles. The van der Waals surface area contributed by atoms with Gasteiger partial charge in [0.25, 0.3) is 5.91 Å². The molecule has 1 aliphatic rings. The Bertz CT molecular complexity index is 896. The third-order valence-electron chi connectivity index (χ3n) is 4.33. The van der Waals surface area contributed by atoms with Gasteiger partial charge in [-0.1, -0.05) is 18.2 Å². The number of hydrogen-bond donors (Lipinski definition) is 3. The minimum Gasteiger partial charge on any atom is -0.321 e. The van der Waals surface area contributed by atoms with Crippen LogP contribution in [0, 0.1) is 5.82 Å². The van der Waals surface area contributed by atoms with Crippen molar-refractivity contribution in [3.63, 3.8) is 0 Å². The number of primary sulfonamides is 1. The molecule has 2 aromatic carbocycles. The van der Waals surface area contributed by atoms with E-state index in [4.69, 9.17) is 5.14 Å². The van der Waals surface area contributed by atoms with E-state index < -0.39 is 10.0 Å². The number of quaternary nitrogens is 1. The number of carbonyl (C=O) groups is 1. The minimum atomic E-state index is -3.82. The molecule has 138 valence electrons. The standard InChI is InChI=1S/C18H20FN3O3S/c19-14-6-4-13(5-7-14)11-22(16-8-9-16)12-18(23)21-15-2-1-3-17(10-15)26(20,24)25/h1-7,10,16H,8-9,11-12H2,(H,21,23)(H2,20,24,25)/p+1. The summed E-state index contributed by atoms with van der Waals surface area (Å²) in [5, 5.41) is 7.83. The number of benzene rings is 2. The van der Waals surface area contributed by atoms with Gasteiger partial charge in [-0.3, -0.25) is 4.79 Å². The smallest absolute Gasteiger partial charge is 0.279 e. The van der Waals surface area contributed by atoms with Gasteiger partial charge in [0.05, 0.1) is 10.9 Å². The van der Waals surface area contributed by atoms with Gasteiger partial charge in [-0.05, 0) is 30.3 Å². The van der Waals surface area contributed by atoms with Crippen molar-refractivity contribution in [3.05, 3.63) is 59.9 Å². The molecule has 1 aliphatic carbocycles. The molecule has 2 aromatic rings. The van der Waals surface area contributed by atoms with Gasteiger partial charge in [-0.2, -0.15) is 0 Å². The Kier molecular flexibility index (Phi) is 5.36. The molecular formula is C18H21FN3O3S+. The lowest BCUT2D eigenvalue weighted by Crippen LogP contribution is -3.13. The first-order chi connectivity index (χ1) is 12.3. The maximum atomic E-state index is 13.0. The fourth-order valence-electron chi connectivity index (χ4n) is 2.87. The fraction of sp³-hybridized carbons (Fsp3) is 0.278. The summed E-state index contributed by atoms with van der Waals surface area (Å²) in [5.41, 5.74) is 1.36. The average Bonchev–Trinajstić information content (AvgIpc) is 3.40. The van der Waals surface area contributed by atoms with E-state index in [1.54, 1.807) is 18.2 Å². The highest BCUT2D eigenvalue weighted by atomic mass is 32.2. The normalized spacial score (nSPS) is 15.5. The molecule has 8 heteroatoms. The summed E-state index contributed by atoms with van der Waals surface area (Å²) in [7, 11) is -3.82. The second kappa shape index (κ2) is 7.53. The van der Waals surface area contributed by atoms with Crippen molar-refractivity contribution in [1.29, 1.82) is 0 Å². The monoisotopic (exact) mass is 378 g/mol. The molecule has 1 amide bonds. The maximum Gasteiger partial charge on any atom is 0.279 e. The van der Waals surface area contributed by atoms with Crippen LogP contribution in [0.1, 0.15) is 18.4 Å². The van der Waals surface area contributed by atoms with Crippen molar-refractivity contribution >= 4 is 21.6 Å². The van der Waals surface area contributed by atoms with Gasteiger partial charge in [0.15, 0.2) is 6.54 Å². The predicted molar refractivity (Wildman–Crippen MR) is 95.4 cm³/mol. The maximum absolute atomic E-state index is 13.0. The van der Waals surface area contributed by atoms with E-state index in [2.05, 4.69) is 5.32 Å². The van der Waals surface area contributed by atoms with Crippen molar-refractivity contribution in [2.24, 2.45) is 5.14 Å². The largest absolute Gasteiger partial charge is 0.321 e. The molecule has 6 nitrogen and oxygen atoms in total. The van der Waals surface area contributed by atoms with E-state index in [0.29, 0.717) is 18.3 Å². The Labute approximate surface area is 151 Å². The predicted octanol–water partition coefficient (Wildman–Crippen LogP) is 0.659. The van der Waals surface area contributed by atoms with E-state index in [-0.39, 0.29) is 23.2 Å². The molecule has 1 fully saturated rings. The molecule has 26 heavy (non-hydrogen) atoms. The zero-order valence-electron chi connectivity index (χ0n) is 14.1. The SMILES string of the molecule is NS(=O)(=O)c1cccc(NC(=O)C[NH+](Cc2ccc(F)cc2)C2CC2)c1. The van der Waals surface area contributed by atoms with Crippen molar-refractivity contribution in [1.82, 2.24) is 0 Å². The Morgan fingerprint density at radius 3 is 2.50 bits per heavy atom. The first-order valence-corrected chi connectivity index (χ1v) is 9.87. The molecule has 0 aliphatic heterocycles. The number of amides is 1. The number of anilines is 1. The van der Waals surface area contributed by atoms with Gasteiger partial charge in [-0.15, -0.1) is 0 Å². The van der Waals surface area contributed by atoms with Crippen LogP contribution < -0.4 is 15.4 Å². The number of carbonyl (C=O) groups excluding carboxylic acids is 1. The third kappa shape index (κ3) is 5.10. The van der Waals surface area contributed by atoms with Crippen LogP contribution in [0.2, 0.25) is 0 Å². The molecule has 1 saturated carbocycles. The van der Waals surface area contributed by atoms with Crippen LogP contribution in [0.15, 0.2) is 53.4 Å². The summed E-state index contributed by atoms with van der Waals surface area (Å²) in [6.07, 6.45) is 2.12. The van der Waals surface area contributed by atoms with Crippen molar-refractivity contribution in [2.45, 2.75) is 30.3 Å². The molecule has 1 unspecified atom stereocenters. The van der Waals surface area contributed by atoms with E-state index >= 15 is 0 Å². The van der Waals surface area contributed by atoms with Crippen molar-refractivity contribution < 1.29 is 22.5 Å². The summed E-state index contributed by atoms with van der Waals surface area (Å²) >= 11 is 0. The Morgan fingerprint density at radius 2 is 1.88 bits per heavy atom. The van der Waals surface area contributed by atoms with Crippen LogP contribution in [-0.4, -0.2) is 26.9 Å². The molecule has 3 rings (SSSR count). The highest BCUT2D eigenvalue weighted by Gasteiger charge is 2.34. The summed E-state index contributed by atoms with van der Waals surface area (Å²) in [4.78, 5) is 13.4. The first-order valence-electron chi connectivity index (χ1n) is 8.33. The molecule has 1 atom stereocenters. The zero-order chi connectivity index (χ0) is 18.7. The van der Waals surface area contributed by atoms with E-state index in [9.17, 15) is 17.6 Å². The van der Waals surface area contributed by atoms with Crippen LogP contribution >= 0.6 is 0 Å². The summed E-state index contributed by atoms with van der Waals surface area (Å²) < 4.78 is 35.9. The van der Waals surface area contributed by atoms with Gasteiger partial charge in [0.2, 0.25) is 10.0 Å². The highest BCUT2D eigenvalue weighted by Crippen LogP contribution is 2.16. The molecular weight excluding hydrogens is 357 g/mol. The lowest BCUT2D eigenvalue weighted by Gasteiger charge is -2.19. The van der Waals surface area contributed by atoms with Crippen molar-refractivity contribution in [3.8, 4) is 0 Å². The molecule has 4 N–H and O–H groups in total. The van der Waals surface area contributed by atoms with E-state index in [0.717, 1.165) is 23.3 Å². The number of halogens is 1. The van der Waals surface area contributed by atoms with Crippen LogP contribution in [0.3, 0.4) is 0 Å². The molecule has 0 aromatic heterocycles. The van der Waals surface area contributed by atoms with Gasteiger partial charge in [0.1, 0.15) is 12.4 Å². The van der Waals surface area contributed by atoms with Crippen LogP contribution in [0.5, 0.6) is 0 Å². The summed E-state index contributed by atoms with van der Waals surface area (Å²) in [6.45, 7) is 0.886. The lowest BCUT2D eigenvalue weighted by atomic mass is 10.2. The van der Waals surface area contributed by atoms with Crippen molar-refractivity contribution in [2.75, 3.05) is 11.9 Å². The number of hydrogen-bond acceptors (Lipinski definition) is 3. The number of rotatable bonds is 7. The lowest BCUT2D eigenvalue weighted by molar-refractivity contribution is -0.916. The van der Waals surface area contributed by atoms with Gasteiger partial charge in [0, 0.05) is 24.1 Å². The van der Waals surface area contributed by atoms with Gasteiger partial charge >= 0.3 is 0 Å². The molecule has 0 radical (unpaired) electrons. The fourth-order valence-corrected chi connectivity index (χ4v) is 3.43. The van der Waals surface area contributed by atoms with E-state index in [1.165, 1.54) is 30.3 Å². The Morgan fingerprint density at radius 1 is 1.19 bits per heavy atom. The van der Waals surface area contributed by atoms with Crippen LogP contribution in [0.25, 0.3) is 0 Å². The van der Waals surface area contributed by atoms with Gasteiger partial charge in [-0.25, -0.2) is 17.9 Å². The third-order valence-corrected chi connectivity index (χ3v) is 5.24. The Hall–Kier alpha value is -2.29. The molecule has 0 bridgehead atoms. The van der Waals surface area contributed by atoms with Crippen LogP contribution in [0.4, 0.5) is 10.1 Å². The zero-order valence-corrected chi connectivity index (χ0v) is 14.9. The average molecular weight is 378 g/mol. The second-order valence-corrected chi connectivity index (χ2v) is 8.09. The number of nitrogens with one attached hydrogen (secondary N) is 2. The quantitative estimate of drug-likeness (QED) is 0.661. The first kappa shape index (κ1) is 18.5. The number of nitrogens with two attached hydrogens (primary N) is 1. The van der Waals surface area contributed by atoms with Gasteiger partial charge < -0.3 is 10.2 Å². The Balaban J connectivity index is 1.64. The highest BCUT2D eigenvalue weighted by molar-refractivity contribution is 7.89.